The van der Waals surface area contributed by atoms with E-state index in [0.29, 0.717) is 16.4 Å². The Morgan fingerprint density at radius 2 is 1.79 bits per heavy atom. The number of ether oxygens (including phenoxy) is 3. The standard InChI is InChI=1S/C20H24N2O6S/c1-12(2)22(3)18(23)11-28-20(25)13-9-15(26-4)16(27-5)10-14(13)21-19(24)17-7-6-8-29-17/h6-10,12H,11H2,1-5H3,(H,21,24). The minimum atomic E-state index is -0.766. The van der Waals surface area contributed by atoms with Crippen LogP contribution in [0.15, 0.2) is 29.6 Å². The Morgan fingerprint density at radius 1 is 1.14 bits per heavy atom. The lowest BCUT2D eigenvalue weighted by atomic mass is 10.1. The molecule has 0 bridgehead atoms. The first-order valence-electron chi connectivity index (χ1n) is 8.82. The van der Waals surface area contributed by atoms with Gasteiger partial charge < -0.3 is 24.4 Å². The van der Waals surface area contributed by atoms with Gasteiger partial charge in [-0.3, -0.25) is 9.59 Å². The minimum Gasteiger partial charge on any atom is -0.493 e. The smallest absolute Gasteiger partial charge is 0.340 e. The third-order valence-electron chi connectivity index (χ3n) is 4.23. The predicted octanol–water partition coefficient (Wildman–Crippen LogP) is 3.04. The molecule has 0 saturated heterocycles. The largest absolute Gasteiger partial charge is 0.493 e. The maximum atomic E-state index is 12.7. The summed E-state index contributed by atoms with van der Waals surface area (Å²) in [6, 6.07) is 6.27. The third-order valence-corrected chi connectivity index (χ3v) is 5.10. The van der Waals surface area contributed by atoms with Crippen LogP contribution in [0.5, 0.6) is 11.5 Å². The number of rotatable bonds is 8. The van der Waals surface area contributed by atoms with E-state index in [0.717, 1.165) is 0 Å². The van der Waals surface area contributed by atoms with Crippen molar-refractivity contribution in [1.82, 2.24) is 4.90 Å². The molecule has 1 aromatic carbocycles. The van der Waals surface area contributed by atoms with Crippen molar-refractivity contribution < 1.29 is 28.6 Å². The molecule has 2 aromatic rings. The van der Waals surface area contributed by atoms with Crippen LogP contribution in [0.1, 0.15) is 33.9 Å². The fourth-order valence-electron chi connectivity index (χ4n) is 2.34. The Balaban J connectivity index is 2.28. The summed E-state index contributed by atoms with van der Waals surface area (Å²) in [7, 11) is 4.50. The zero-order valence-electron chi connectivity index (χ0n) is 17.0. The number of methoxy groups -OCH3 is 2. The summed E-state index contributed by atoms with van der Waals surface area (Å²) in [5.41, 5.74) is 0.239. The van der Waals surface area contributed by atoms with Gasteiger partial charge in [-0.05, 0) is 25.3 Å². The van der Waals surface area contributed by atoms with Gasteiger partial charge in [0, 0.05) is 25.2 Å². The van der Waals surface area contributed by atoms with E-state index in [4.69, 9.17) is 14.2 Å². The number of anilines is 1. The highest BCUT2D eigenvalue weighted by Crippen LogP contribution is 2.34. The molecule has 1 aromatic heterocycles. The highest BCUT2D eigenvalue weighted by atomic mass is 32.1. The van der Waals surface area contributed by atoms with E-state index in [1.54, 1.807) is 24.6 Å². The number of nitrogens with one attached hydrogen (secondary N) is 1. The Hall–Kier alpha value is -3.07. The summed E-state index contributed by atoms with van der Waals surface area (Å²) in [5.74, 6) is -0.854. The molecule has 1 N–H and O–H groups in total. The Bertz CT molecular complexity index is 879. The van der Waals surface area contributed by atoms with Gasteiger partial charge >= 0.3 is 5.97 Å². The van der Waals surface area contributed by atoms with Gasteiger partial charge in [0.2, 0.25) is 0 Å². The second-order valence-electron chi connectivity index (χ2n) is 6.36. The average Bonchev–Trinajstić information content (AvgIpc) is 3.25. The van der Waals surface area contributed by atoms with E-state index in [1.807, 2.05) is 13.8 Å². The zero-order valence-corrected chi connectivity index (χ0v) is 17.8. The Labute approximate surface area is 173 Å². The molecule has 156 valence electrons. The van der Waals surface area contributed by atoms with E-state index in [1.165, 1.54) is 42.6 Å². The fourth-order valence-corrected chi connectivity index (χ4v) is 2.96. The number of likely N-dealkylation sites (N-methyl/N-ethyl adjacent to an activating group) is 1. The number of carbonyl (C=O) groups excluding carboxylic acids is 3. The molecule has 0 atom stereocenters. The number of amides is 2. The molecule has 8 nitrogen and oxygen atoms in total. The van der Waals surface area contributed by atoms with Crippen LogP contribution in [0.25, 0.3) is 0 Å². The number of esters is 1. The lowest BCUT2D eigenvalue weighted by Crippen LogP contribution is -2.36. The topological polar surface area (TPSA) is 94.2 Å². The summed E-state index contributed by atoms with van der Waals surface area (Å²) in [6.07, 6.45) is 0. The molecule has 0 spiro atoms. The van der Waals surface area contributed by atoms with Crippen LogP contribution in [0.4, 0.5) is 5.69 Å². The van der Waals surface area contributed by atoms with Gasteiger partial charge in [-0.25, -0.2) is 4.79 Å². The Morgan fingerprint density at radius 3 is 2.34 bits per heavy atom. The highest BCUT2D eigenvalue weighted by molar-refractivity contribution is 7.12. The molecule has 1 heterocycles. The summed E-state index contributed by atoms with van der Waals surface area (Å²) in [5, 5.41) is 4.46. The molecule has 0 aliphatic carbocycles. The second kappa shape index (κ2) is 9.92. The van der Waals surface area contributed by atoms with Gasteiger partial charge in [0.05, 0.1) is 30.3 Å². The lowest BCUT2D eigenvalue weighted by molar-refractivity contribution is -0.134. The maximum Gasteiger partial charge on any atom is 0.340 e. The molecule has 29 heavy (non-hydrogen) atoms. The van der Waals surface area contributed by atoms with Crippen molar-refractivity contribution in [3.63, 3.8) is 0 Å². The Kier molecular flexibility index (Phi) is 7.60. The normalized spacial score (nSPS) is 10.4. The molecule has 0 aliphatic heterocycles. The first-order valence-corrected chi connectivity index (χ1v) is 9.70. The van der Waals surface area contributed by atoms with E-state index in [2.05, 4.69) is 5.32 Å². The molecule has 2 amide bonds. The second-order valence-corrected chi connectivity index (χ2v) is 7.31. The number of nitrogens with zero attached hydrogens (tertiary/aromatic N) is 1. The SMILES string of the molecule is COc1cc(NC(=O)c2cccs2)c(C(=O)OCC(=O)N(C)C(C)C)cc1OC. The van der Waals surface area contributed by atoms with Gasteiger partial charge in [-0.15, -0.1) is 11.3 Å². The summed E-state index contributed by atoms with van der Waals surface area (Å²) >= 11 is 1.27. The van der Waals surface area contributed by atoms with E-state index in [-0.39, 0.29) is 29.1 Å². The number of hydrogen-bond donors (Lipinski definition) is 1. The van der Waals surface area contributed by atoms with Crippen molar-refractivity contribution >= 4 is 34.8 Å². The van der Waals surface area contributed by atoms with E-state index >= 15 is 0 Å². The molecule has 9 heteroatoms. The number of hydrogen-bond acceptors (Lipinski definition) is 7. The van der Waals surface area contributed by atoms with Gasteiger partial charge in [0.1, 0.15) is 0 Å². The van der Waals surface area contributed by atoms with E-state index in [9.17, 15) is 14.4 Å². The molecule has 0 saturated carbocycles. The fraction of sp³-hybridized carbons (Fsp3) is 0.350. The molecule has 0 fully saturated rings. The van der Waals surface area contributed by atoms with Crippen molar-refractivity contribution in [2.75, 3.05) is 33.2 Å². The van der Waals surface area contributed by atoms with Gasteiger partial charge in [0.25, 0.3) is 11.8 Å². The third kappa shape index (κ3) is 5.47. The molecule has 0 unspecified atom stereocenters. The molecule has 2 rings (SSSR count). The van der Waals surface area contributed by atoms with Crippen molar-refractivity contribution in [3.05, 3.63) is 40.1 Å². The van der Waals surface area contributed by atoms with Crippen LogP contribution in [0.3, 0.4) is 0 Å². The molecule has 0 radical (unpaired) electrons. The minimum absolute atomic E-state index is 0.0251. The zero-order chi connectivity index (χ0) is 21.6. The van der Waals surface area contributed by atoms with Crippen molar-refractivity contribution in [2.24, 2.45) is 0 Å². The number of carbonyl (C=O) groups is 3. The maximum absolute atomic E-state index is 12.7. The van der Waals surface area contributed by atoms with Crippen LogP contribution in [-0.2, 0) is 9.53 Å². The summed E-state index contributed by atoms with van der Waals surface area (Å²) < 4.78 is 15.7. The predicted molar refractivity (Wildman–Crippen MR) is 110 cm³/mol. The average molecular weight is 420 g/mol. The van der Waals surface area contributed by atoms with Crippen LogP contribution in [-0.4, -0.2) is 56.6 Å². The molecular formula is C20H24N2O6S. The van der Waals surface area contributed by atoms with Crippen LogP contribution < -0.4 is 14.8 Å². The number of benzene rings is 1. The van der Waals surface area contributed by atoms with Gasteiger partial charge in [-0.2, -0.15) is 0 Å². The first kappa shape index (κ1) is 22.2. The first-order chi connectivity index (χ1) is 13.8. The van der Waals surface area contributed by atoms with Crippen molar-refractivity contribution in [1.29, 1.82) is 0 Å². The quantitative estimate of drug-likeness (QED) is 0.660. The lowest BCUT2D eigenvalue weighted by Gasteiger charge is -2.21. The summed E-state index contributed by atoms with van der Waals surface area (Å²) in [4.78, 5) is 39.2. The monoisotopic (exact) mass is 420 g/mol. The van der Waals surface area contributed by atoms with Crippen LogP contribution in [0, 0.1) is 0 Å². The molecular weight excluding hydrogens is 396 g/mol. The number of thiophene rings is 1. The molecule has 0 aliphatic rings. The van der Waals surface area contributed by atoms with E-state index < -0.39 is 12.6 Å². The van der Waals surface area contributed by atoms with Crippen LogP contribution >= 0.6 is 11.3 Å². The van der Waals surface area contributed by atoms with Gasteiger partial charge in [0.15, 0.2) is 18.1 Å². The van der Waals surface area contributed by atoms with Crippen molar-refractivity contribution in [2.45, 2.75) is 19.9 Å². The highest BCUT2D eigenvalue weighted by Gasteiger charge is 2.22. The van der Waals surface area contributed by atoms with Crippen molar-refractivity contribution in [3.8, 4) is 11.5 Å². The summed E-state index contributed by atoms with van der Waals surface area (Å²) in [6.45, 7) is 3.29. The van der Waals surface area contributed by atoms with Gasteiger partial charge in [-0.1, -0.05) is 6.07 Å². The van der Waals surface area contributed by atoms with Crippen LogP contribution in [0.2, 0.25) is 0 Å².